The SMILES string of the molecule is CCC(C)(CC)[Si](CCC1CCC2OC2C1)(OC)C(C)C. The van der Waals surface area contributed by atoms with Crippen LogP contribution in [-0.2, 0) is 9.16 Å². The van der Waals surface area contributed by atoms with E-state index in [9.17, 15) is 0 Å². The summed E-state index contributed by atoms with van der Waals surface area (Å²) < 4.78 is 12.1. The third-order valence-electron chi connectivity index (χ3n) is 6.92. The monoisotopic (exact) mass is 312 g/mol. The Hall–Kier alpha value is 0.137. The molecule has 3 heteroatoms. The van der Waals surface area contributed by atoms with Crippen molar-refractivity contribution in [1.29, 1.82) is 0 Å². The van der Waals surface area contributed by atoms with E-state index in [0.29, 0.717) is 22.8 Å². The van der Waals surface area contributed by atoms with E-state index in [2.05, 4.69) is 34.6 Å². The van der Waals surface area contributed by atoms with Crippen molar-refractivity contribution in [2.45, 2.75) is 102 Å². The molecule has 4 unspecified atom stereocenters. The zero-order valence-corrected chi connectivity index (χ0v) is 16.1. The van der Waals surface area contributed by atoms with Gasteiger partial charge in [-0.3, -0.25) is 0 Å². The van der Waals surface area contributed by atoms with Crippen LogP contribution in [0.5, 0.6) is 0 Å². The summed E-state index contributed by atoms with van der Waals surface area (Å²) in [5, 5.41) is 0.406. The van der Waals surface area contributed by atoms with E-state index < -0.39 is 8.32 Å². The molecule has 1 aliphatic heterocycles. The number of ether oxygens (including phenoxy) is 1. The third-order valence-corrected chi connectivity index (χ3v) is 13.3. The molecule has 0 N–H and O–H groups in total. The molecule has 1 saturated heterocycles. The normalized spacial score (nSPS) is 31.9. The minimum atomic E-state index is -1.73. The van der Waals surface area contributed by atoms with Crippen LogP contribution < -0.4 is 0 Å². The van der Waals surface area contributed by atoms with Crippen molar-refractivity contribution >= 4 is 8.32 Å². The van der Waals surface area contributed by atoms with E-state index in [4.69, 9.17) is 9.16 Å². The first-order valence-electron chi connectivity index (χ1n) is 9.13. The minimum absolute atomic E-state index is 0.406. The fraction of sp³-hybridized carbons (Fsp3) is 1.00. The fourth-order valence-electron chi connectivity index (χ4n) is 4.89. The maximum atomic E-state index is 6.38. The Morgan fingerprint density at radius 3 is 2.33 bits per heavy atom. The standard InChI is InChI=1S/C18H36O2Si/c1-7-18(5,8-2)21(19-6,14(3)4)12-11-15-9-10-16-17(13-15)20-16/h14-17H,7-13H2,1-6H3. The Kier molecular flexibility index (Phi) is 5.59. The van der Waals surface area contributed by atoms with Gasteiger partial charge in [0, 0.05) is 7.11 Å². The predicted octanol–water partition coefficient (Wildman–Crippen LogP) is 5.53. The van der Waals surface area contributed by atoms with Crippen molar-refractivity contribution in [1.82, 2.24) is 0 Å². The maximum Gasteiger partial charge on any atom is 0.200 e. The van der Waals surface area contributed by atoms with Crippen molar-refractivity contribution in [3.05, 3.63) is 0 Å². The van der Waals surface area contributed by atoms with Crippen molar-refractivity contribution in [3.63, 3.8) is 0 Å². The van der Waals surface area contributed by atoms with Gasteiger partial charge in [0.2, 0.25) is 8.32 Å². The van der Waals surface area contributed by atoms with Gasteiger partial charge in [-0.15, -0.1) is 0 Å². The highest BCUT2D eigenvalue weighted by Gasteiger charge is 2.52. The lowest BCUT2D eigenvalue weighted by molar-refractivity contribution is 0.308. The molecule has 1 heterocycles. The van der Waals surface area contributed by atoms with E-state index in [1.807, 2.05) is 7.11 Å². The van der Waals surface area contributed by atoms with Crippen molar-refractivity contribution in [3.8, 4) is 0 Å². The Balaban J connectivity index is 2.04. The average Bonchev–Trinajstić information content (AvgIpc) is 3.26. The number of hydrogen-bond acceptors (Lipinski definition) is 2. The summed E-state index contributed by atoms with van der Waals surface area (Å²) >= 11 is 0. The zero-order chi connectivity index (χ0) is 15.7. The number of fused-ring (bicyclic) bond motifs is 1. The Morgan fingerprint density at radius 1 is 1.19 bits per heavy atom. The van der Waals surface area contributed by atoms with Gasteiger partial charge in [-0.25, -0.2) is 0 Å². The Morgan fingerprint density at radius 2 is 1.86 bits per heavy atom. The van der Waals surface area contributed by atoms with Crippen LogP contribution in [0.4, 0.5) is 0 Å². The Labute approximate surface area is 133 Å². The summed E-state index contributed by atoms with van der Waals surface area (Å²) in [4.78, 5) is 0. The molecule has 2 rings (SSSR count). The molecule has 0 spiro atoms. The predicted molar refractivity (Wildman–Crippen MR) is 92.2 cm³/mol. The molecule has 0 amide bonds. The van der Waals surface area contributed by atoms with Gasteiger partial charge in [0.1, 0.15) is 0 Å². The van der Waals surface area contributed by atoms with Gasteiger partial charge >= 0.3 is 0 Å². The maximum absolute atomic E-state index is 6.38. The van der Waals surface area contributed by atoms with Crippen molar-refractivity contribution in [2.75, 3.05) is 7.11 Å². The minimum Gasteiger partial charge on any atom is -0.419 e. The zero-order valence-electron chi connectivity index (χ0n) is 15.1. The molecule has 4 atom stereocenters. The van der Waals surface area contributed by atoms with Crippen LogP contribution in [0, 0.1) is 5.92 Å². The third kappa shape index (κ3) is 3.25. The second-order valence-corrected chi connectivity index (χ2v) is 13.0. The van der Waals surface area contributed by atoms with E-state index in [-0.39, 0.29) is 0 Å². The summed E-state index contributed by atoms with van der Waals surface area (Å²) in [5.74, 6) is 0.882. The average molecular weight is 313 g/mol. The molecule has 2 aliphatic rings. The van der Waals surface area contributed by atoms with Crippen LogP contribution in [0.25, 0.3) is 0 Å². The summed E-state index contributed by atoms with van der Waals surface area (Å²) in [6.07, 6.45) is 9.10. The van der Waals surface area contributed by atoms with Gasteiger partial charge in [0.05, 0.1) is 12.2 Å². The topological polar surface area (TPSA) is 21.8 Å². The second kappa shape index (κ2) is 6.72. The smallest absolute Gasteiger partial charge is 0.200 e. The van der Waals surface area contributed by atoms with Gasteiger partial charge in [-0.05, 0) is 41.8 Å². The summed E-state index contributed by atoms with van der Waals surface area (Å²) in [5.41, 5.74) is 0.695. The van der Waals surface area contributed by atoms with Gasteiger partial charge in [0.25, 0.3) is 0 Å². The first-order valence-corrected chi connectivity index (χ1v) is 11.3. The first-order chi connectivity index (χ1) is 9.92. The number of rotatable bonds is 8. The molecule has 0 aromatic heterocycles. The quantitative estimate of drug-likeness (QED) is 0.434. The van der Waals surface area contributed by atoms with Crippen molar-refractivity contribution < 1.29 is 9.16 Å². The molecule has 21 heavy (non-hydrogen) atoms. The molecule has 1 aliphatic carbocycles. The van der Waals surface area contributed by atoms with Gasteiger partial charge in [-0.1, -0.05) is 53.9 Å². The molecule has 2 fully saturated rings. The highest BCUT2D eigenvalue weighted by atomic mass is 28.4. The highest BCUT2D eigenvalue weighted by molar-refractivity contribution is 6.78. The lowest BCUT2D eigenvalue weighted by Crippen LogP contribution is -2.51. The molecule has 2 nitrogen and oxygen atoms in total. The van der Waals surface area contributed by atoms with Crippen LogP contribution in [0.1, 0.15) is 73.1 Å². The fourth-order valence-corrected chi connectivity index (χ4v) is 10.7. The Bertz CT molecular complexity index is 340. The molecule has 0 aromatic carbocycles. The van der Waals surface area contributed by atoms with Crippen LogP contribution in [0.2, 0.25) is 16.6 Å². The van der Waals surface area contributed by atoms with E-state index in [1.165, 1.54) is 44.6 Å². The first kappa shape index (κ1) is 17.5. The van der Waals surface area contributed by atoms with Gasteiger partial charge in [0.15, 0.2) is 0 Å². The van der Waals surface area contributed by atoms with E-state index >= 15 is 0 Å². The summed E-state index contributed by atoms with van der Waals surface area (Å²) in [6.45, 7) is 12.0. The molecule has 1 saturated carbocycles. The molecular weight excluding hydrogens is 276 g/mol. The van der Waals surface area contributed by atoms with Crippen LogP contribution in [-0.4, -0.2) is 27.6 Å². The van der Waals surface area contributed by atoms with Crippen LogP contribution >= 0.6 is 0 Å². The molecule has 0 aromatic rings. The number of epoxide rings is 1. The molecule has 0 bridgehead atoms. The van der Waals surface area contributed by atoms with Crippen LogP contribution in [0.15, 0.2) is 0 Å². The molecule has 124 valence electrons. The summed E-state index contributed by atoms with van der Waals surface area (Å²) in [6, 6.07) is 1.33. The summed E-state index contributed by atoms with van der Waals surface area (Å²) in [7, 11) is 0.263. The van der Waals surface area contributed by atoms with Gasteiger partial charge < -0.3 is 9.16 Å². The second-order valence-electron chi connectivity index (χ2n) is 7.95. The molecule has 0 radical (unpaired) electrons. The largest absolute Gasteiger partial charge is 0.419 e. The van der Waals surface area contributed by atoms with Crippen molar-refractivity contribution in [2.24, 2.45) is 5.92 Å². The number of hydrogen-bond donors (Lipinski definition) is 0. The lowest BCUT2D eigenvalue weighted by atomic mass is 9.87. The lowest BCUT2D eigenvalue weighted by Gasteiger charge is -2.48. The highest BCUT2D eigenvalue weighted by Crippen LogP contribution is 2.53. The van der Waals surface area contributed by atoms with E-state index in [0.717, 1.165) is 5.92 Å². The van der Waals surface area contributed by atoms with Crippen LogP contribution in [0.3, 0.4) is 0 Å². The molecular formula is C18H36O2Si. The van der Waals surface area contributed by atoms with E-state index in [1.54, 1.807) is 0 Å². The van der Waals surface area contributed by atoms with Gasteiger partial charge in [-0.2, -0.15) is 0 Å².